The van der Waals surface area contributed by atoms with Crippen molar-refractivity contribution in [2.24, 2.45) is 4.99 Å². The zero-order chi connectivity index (χ0) is 17.8. The number of halogens is 1. The molecule has 0 aliphatic heterocycles. The standard InChI is InChI=1S/C20H34N4O.HI/c1-3-16-25-20(12-7-5-8-13-20)17-24-19(21-4-2)23-15-11-18-10-6-9-14-22-18;/h6,9-10,14H,3-5,7-8,11-13,15-17H2,1-2H3,(H2,21,23,24);1H. The minimum atomic E-state index is -0.0579. The molecule has 6 heteroatoms. The van der Waals surface area contributed by atoms with Crippen molar-refractivity contribution in [3.63, 3.8) is 0 Å². The van der Waals surface area contributed by atoms with E-state index in [2.05, 4.69) is 35.5 Å². The highest BCUT2D eigenvalue weighted by molar-refractivity contribution is 14.0. The maximum atomic E-state index is 6.25. The Hall–Kier alpha value is -0.890. The first-order valence-electron chi connectivity index (χ1n) is 9.84. The normalized spacial score (nSPS) is 16.6. The van der Waals surface area contributed by atoms with Crippen LogP contribution in [0.3, 0.4) is 0 Å². The van der Waals surface area contributed by atoms with Gasteiger partial charge >= 0.3 is 0 Å². The molecule has 0 saturated heterocycles. The molecule has 0 atom stereocenters. The summed E-state index contributed by atoms with van der Waals surface area (Å²) in [5.41, 5.74) is 1.04. The maximum Gasteiger partial charge on any atom is 0.191 e. The number of ether oxygens (including phenoxy) is 1. The topological polar surface area (TPSA) is 58.5 Å². The summed E-state index contributed by atoms with van der Waals surface area (Å²) in [5.74, 6) is 0.878. The number of hydrogen-bond acceptors (Lipinski definition) is 3. The van der Waals surface area contributed by atoms with Crippen LogP contribution in [0.1, 0.15) is 58.1 Å². The monoisotopic (exact) mass is 474 g/mol. The number of aromatic nitrogens is 1. The number of guanidine groups is 1. The highest BCUT2D eigenvalue weighted by Gasteiger charge is 2.32. The van der Waals surface area contributed by atoms with Gasteiger partial charge in [-0.1, -0.05) is 32.3 Å². The smallest absolute Gasteiger partial charge is 0.191 e. The van der Waals surface area contributed by atoms with Gasteiger partial charge < -0.3 is 15.4 Å². The van der Waals surface area contributed by atoms with Crippen LogP contribution in [-0.2, 0) is 11.2 Å². The van der Waals surface area contributed by atoms with Gasteiger partial charge in [0.2, 0.25) is 0 Å². The fourth-order valence-corrected chi connectivity index (χ4v) is 3.28. The van der Waals surface area contributed by atoms with Gasteiger partial charge in [0, 0.05) is 38.0 Å². The van der Waals surface area contributed by atoms with E-state index in [9.17, 15) is 0 Å². The molecule has 1 aromatic heterocycles. The fraction of sp³-hybridized carbons (Fsp3) is 0.700. The van der Waals surface area contributed by atoms with Gasteiger partial charge in [0.25, 0.3) is 0 Å². The van der Waals surface area contributed by atoms with Gasteiger partial charge in [0.1, 0.15) is 0 Å². The van der Waals surface area contributed by atoms with Crippen LogP contribution in [0, 0.1) is 0 Å². The molecule has 1 aliphatic rings. The van der Waals surface area contributed by atoms with Crippen molar-refractivity contribution < 1.29 is 4.74 Å². The highest BCUT2D eigenvalue weighted by atomic mass is 127. The summed E-state index contributed by atoms with van der Waals surface area (Å²) in [5, 5.41) is 6.77. The quantitative estimate of drug-likeness (QED) is 0.324. The first-order valence-corrected chi connectivity index (χ1v) is 9.84. The minimum Gasteiger partial charge on any atom is -0.373 e. The van der Waals surface area contributed by atoms with E-state index >= 15 is 0 Å². The van der Waals surface area contributed by atoms with E-state index < -0.39 is 0 Å². The van der Waals surface area contributed by atoms with E-state index in [0.29, 0.717) is 0 Å². The fourth-order valence-electron chi connectivity index (χ4n) is 3.28. The summed E-state index contributed by atoms with van der Waals surface area (Å²) < 4.78 is 6.25. The Balaban J connectivity index is 0.00000338. The summed E-state index contributed by atoms with van der Waals surface area (Å²) in [6.45, 7) is 7.53. The van der Waals surface area contributed by atoms with Gasteiger partial charge in [-0.3, -0.25) is 9.98 Å². The van der Waals surface area contributed by atoms with Gasteiger partial charge in [-0.25, -0.2) is 0 Å². The van der Waals surface area contributed by atoms with E-state index in [1.54, 1.807) is 0 Å². The molecule has 5 nitrogen and oxygen atoms in total. The second kappa shape index (κ2) is 13.3. The van der Waals surface area contributed by atoms with E-state index in [1.807, 2.05) is 18.3 Å². The Kier molecular flexibility index (Phi) is 11.8. The van der Waals surface area contributed by atoms with Crippen molar-refractivity contribution in [2.75, 3.05) is 26.2 Å². The van der Waals surface area contributed by atoms with Crippen molar-refractivity contribution in [3.8, 4) is 0 Å². The average molecular weight is 474 g/mol. The summed E-state index contributed by atoms with van der Waals surface area (Å²) in [4.78, 5) is 9.21. The number of nitrogens with one attached hydrogen (secondary N) is 2. The van der Waals surface area contributed by atoms with E-state index in [1.165, 1.54) is 19.3 Å². The summed E-state index contributed by atoms with van der Waals surface area (Å²) >= 11 is 0. The molecule has 1 aliphatic carbocycles. The molecule has 0 radical (unpaired) electrons. The second-order valence-electron chi connectivity index (χ2n) is 6.79. The molecule has 26 heavy (non-hydrogen) atoms. The molecule has 1 aromatic rings. The molecular formula is C20H35IN4O. The van der Waals surface area contributed by atoms with Crippen LogP contribution in [0.2, 0.25) is 0 Å². The zero-order valence-corrected chi connectivity index (χ0v) is 18.6. The van der Waals surface area contributed by atoms with Crippen LogP contribution in [0.15, 0.2) is 29.4 Å². The second-order valence-corrected chi connectivity index (χ2v) is 6.79. The lowest BCUT2D eigenvalue weighted by molar-refractivity contribution is -0.0624. The van der Waals surface area contributed by atoms with Crippen LogP contribution in [-0.4, -0.2) is 42.8 Å². The van der Waals surface area contributed by atoms with E-state index in [4.69, 9.17) is 9.73 Å². The lowest BCUT2D eigenvalue weighted by Crippen LogP contribution is -2.43. The molecule has 0 bridgehead atoms. The van der Waals surface area contributed by atoms with Gasteiger partial charge in [0.05, 0.1) is 12.1 Å². The van der Waals surface area contributed by atoms with Gasteiger partial charge in [-0.15, -0.1) is 24.0 Å². The van der Waals surface area contributed by atoms with Crippen molar-refractivity contribution in [1.29, 1.82) is 0 Å². The molecule has 0 aromatic carbocycles. The Bertz CT molecular complexity index is 504. The van der Waals surface area contributed by atoms with Crippen LogP contribution in [0.25, 0.3) is 0 Å². The average Bonchev–Trinajstić information content (AvgIpc) is 2.66. The molecule has 1 heterocycles. The predicted molar refractivity (Wildman–Crippen MR) is 119 cm³/mol. The third-order valence-corrected chi connectivity index (χ3v) is 4.65. The predicted octanol–water partition coefficient (Wildman–Crippen LogP) is 3.93. The van der Waals surface area contributed by atoms with Crippen LogP contribution < -0.4 is 10.6 Å². The molecule has 2 rings (SSSR count). The minimum absolute atomic E-state index is 0. The number of pyridine rings is 1. The van der Waals surface area contributed by atoms with Gasteiger partial charge in [0.15, 0.2) is 5.96 Å². The third kappa shape index (κ3) is 8.20. The molecular weight excluding hydrogens is 439 g/mol. The Morgan fingerprint density at radius 3 is 2.65 bits per heavy atom. The molecule has 0 unspecified atom stereocenters. The van der Waals surface area contributed by atoms with Crippen molar-refractivity contribution in [3.05, 3.63) is 30.1 Å². The Morgan fingerprint density at radius 2 is 2.00 bits per heavy atom. The maximum absolute atomic E-state index is 6.25. The lowest BCUT2D eigenvalue weighted by Gasteiger charge is -2.36. The van der Waals surface area contributed by atoms with Crippen LogP contribution >= 0.6 is 24.0 Å². The van der Waals surface area contributed by atoms with E-state index in [0.717, 1.165) is 63.6 Å². The molecule has 1 saturated carbocycles. The molecule has 0 amide bonds. The summed E-state index contributed by atoms with van der Waals surface area (Å²) in [6, 6.07) is 6.03. The van der Waals surface area contributed by atoms with Crippen molar-refractivity contribution in [1.82, 2.24) is 15.6 Å². The lowest BCUT2D eigenvalue weighted by atomic mass is 9.84. The number of rotatable bonds is 9. The number of nitrogens with zero attached hydrogens (tertiary/aromatic N) is 2. The van der Waals surface area contributed by atoms with Crippen molar-refractivity contribution in [2.45, 2.75) is 64.4 Å². The number of aliphatic imine (C=N–C) groups is 1. The SMILES string of the molecule is CCCOC1(CN=C(NCC)NCCc2ccccn2)CCCCC1.I. The molecule has 0 spiro atoms. The largest absolute Gasteiger partial charge is 0.373 e. The molecule has 148 valence electrons. The highest BCUT2D eigenvalue weighted by Crippen LogP contribution is 2.32. The molecule has 1 fully saturated rings. The number of hydrogen-bond donors (Lipinski definition) is 2. The Morgan fingerprint density at radius 1 is 1.19 bits per heavy atom. The molecule has 2 N–H and O–H groups in total. The van der Waals surface area contributed by atoms with E-state index in [-0.39, 0.29) is 29.6 Å². The first-order chi connectivity index (χ1) is 12.3. The third-order valence-electron chi connectivity index (χ3n) is 4.65. The van der Waals surface area contributed by atoms with Crippen LogP contribution in [0.4, 0.5) is 0 Å². The zero-order valence-electron chi connectivity index (χ0n) is 16.3. The van der Waals surface area contributed by atoms with Crippen molar-refractivity contribution >= 4 is 29.9 Å². The Labute approximate surface area is 175 Å². The van der Waals surface area contributed by atoms with Gasteiger partial charge in [-0.05, 0) is 38.3 Å². The first kappa shape index (κ1) is 23.1. The van der Waals surface area contributed by atoms with Gasteiger partial charge in [-0.2, -0.15) is 0 Å². The van der Waals surface area contributed by atoms with Crippen LogP contribution in [0.5, 0.6) is 0 Å². The summed E-state index contributed by atoms with van der Waals surface area (Å²) in [7, 11) is 0. The summed E-state index contributed by atoms with van der Waals surface area (Å²) in [6.07, 6.45) is 9.88.